The van der Waals surface area contributed by atoms with E-state index in [2.05, 4.69) is 31.2 Å². The number of hydrogen-bond acceptors (Lipinski definition) is 4. The maximum absolute atomic E-state index is 11.9. The lowest BCUT2D eigenvalue weighted by atomic mass is 10.2. The minimum atomic E-state index is -0.0723. The Labute approximate surface area is 118 Å². The van der Waals surface area contributed by atoms with Gasteiger partial charge in [0.2, 0.25) is 0 Å². The van der Waals surface area contributed by atoms with Crippen molar-refractivity contribution in [1.29, 1.82) is 0 Å². The second-order valence-corrected chi connectivity index (χ2v) is 5.15. The van der Waals surface area contributed by atoms with Crippen LogP contribution in [0.2, 0.25) is 0 Å². The number of halogens is 1. The SMILES string of the molecule is COc1ccc(-c2nc3c(c(=O)[nH]2)CNC3)cc1Br. The number of methoxy groups -OCH3 is 1. The minimum absolute atomic E-state index is 0.0723. The normalized spacial score (nSPS) is 13.4. The summed E-state index contributed by atoms with van der Waals surface area (Å²) < 4.78 is 6.01. The van der Waals surface area contributed by atoms with Crippen molar-refractivity contribution in [2.24, 2.45) is 0 Å². The minimum Gasteiger partial charge on any atom is -0.496 e. The molecule has 0 spiro atoms. The van der Waals surface area contributed by atoms with Crippen LogP contribution in [0.5, 0.6) is 5.75 Å². The van der Waals surface area contributed by atoms with Crippen molar-refractivity contribution in [3.63, 3.8) is 0 Å². The number of benzene rings is 1. The summed E-state index contributed by atoms with van der Waals surface area (Å²) in [7, 11) is 1.61. The van der Waals surface area contributed by atoms with Gasteiger partial charge in [0, 0.05) is 18.7 Å². The van der Waals surface area contributed by atoms with Gasteiger partial charge in [0.15, 0.2) is 0 Å². The second kappa shape index (κ2) is 4.79. The first-order valence-corrected chi connectivity index (χ1v) is 6.65. The third-order valence-electron chi connectivity index (χ3n) is 3.12. The molecule has 2 N–H and O–H groups in total. The summed E-state index contributed by atoms with van der Waals surface area (Å²) in [6.07, 6.45) is 0. The first-order chi connectivity index (χ1) is 9.19. The Kier molecular flexibility index (Phi) is 3.12. The third kappa shape index (κ3) is 2.17. The molecule has 3 rings (SSSR count). The standard InChI is InChI=1S/C13H12BrN3O2/c1-19-11-3-2-7(4-9(11)14)12-16-10-6-15-5-8(10)13(18)17-12/h2-4,15H,5-6H2,1H3,(H,16,17,18). The molecule has 6 heteroatoms. The molecule has 0 amide bonds. The number of rotatable bonds is 2. The molecule has 98 valence electrons. The van der Waals surface area contributed by atoms with Gasteiger partial charge < -0.3 is 15.0 Å². The topological polar surface area (TPSA) is 67.0 Å². The van der Waals surface area contributed by atoms with Crippen molar-refractivity contribution < 1.29 is 4.74 Å². The summed E-state index contributed by atoms with van der Waals surface area (Å²) in [6.45, 7) is 1.23. The molecule has 2 aromatic rings. The molecule has 0 unspecified atom stereocenters. The van der Waals surface area contributed by atoms with E-state index in [1.54, 1.807) is 7.11 Å². The number of hydrogen-bond donors (Lipinski definition) is 2. The Hall–Kier alpha value is -1.66. The predicted molar refractivity (Wildman–Crippen MR) is 75.1 cm³/mol. The largest absolute Gasteiger partial charge is 0.496 e. The smallest absolute Gasteiger partial charge is 0.255 e. The molecule has 0 fully saturated rings. The maximum Gasteiger partial charge on any atom is 0.255 e. The van der Waals surface area contributed by atoms with Gasteiger partial charge in [-0.25, -0.2) is 4.98 Å². The van der Waals surface area contributed by atoms with Gasteiger partial charge in [-0.05, 0) is 34.1 Å². The molecule has 0 aliphatic carbocycles. The van der Waals surface area contributed by atoms with E-state index in [-0.39, 0.29) is 5.56 Å². The van der Waals surface area contributed by atoms with E-state index in [1.165, 1.54) is 0 Å². The van der Waals surface area contributed by atoms with E-state index in [0.29, 0.717) is 18.9 Å². The van der Waals surface area contributed by atoms with E-state index in [4.69, 9.17) is 4.74 Å². The number of H-pyrrole nitrogens is 1. The number of nitrogens with zero attached hydrogens (tertiary/aromatic N) is 1. The monoisotopic (exact) mass is 321 g/mol. The van der Waals surface area contributed by atoms with Crippen LogP contribution < -0.4 is 15.6 Å². The number of aromatic nitrogens is 2. The lowest BCUT2D eigenvalue weighted by molar-refractivity contribution is 0.412. The number of ether oxygens (including phenoxy) is 1. The predicted octanol–water partition coefficient (Wildman–Crippen LogP) is 1.81. The molecule has 1 aliphatic heterocycles. The van der Waals surface area contributed by atoms with Crippen LogP contribution >= 0.6 is 15.9 Å². The summed E-state index contributed by atoms with van der Waals surface area (Å²) in [5, 5.41) is 3.13. The average molecular weight is 322 g/mol. The molecule has 19 heavy (non-hydrogen) atoms. The lowest BCUT2D eigenvalue weighted by Crippen LogP contribution is -2.15. The van der Waals surface area contributed by atoms with Gasteiger partial charge in [0.05, 0.1) is 22.8 Å². The van der Waals surface area contributed by atoms with E-state index < -0.39 is 0 Å². The van der Waals surface area contributed by atoms with Gasteiger partial charge >= 0.3 is 0 Å². The van der Waals surface area contributed by atoms with Crippen LogP contribution in [-0.4, -0.2) is 17.1 Å². The van der Waals surface area contributed by atoms with Gasteiger partial charge in [-0.3, -0.25) is 4.79 Å². The summed E-state index contributed by atoms with van der Waals surface area (Å²) in [4.78, 5) is 19.3. The summed E-state index contributed by atoms with van der Waals surface area (Å²) in [6, 6.07) is 5.59. The van der Waals surface area contributed by atoms with Crippen molar-refractivity contribution in [2.75, 3.05) is 7.11 Å². The molecular formula is C13H12BrN3O2. The molecule has 0 saturated carbocycles. The van der Waals surface area contributed by atoms with Crippen molar-refractivity contribution in [1.82, 2.24) is 15.3 Å². The van der Waals surface area contributed by atoms with Crippen LogP contribution in [0, 0.1) is 0 Å². The fourth-order valence-corrected chi connectivity index (χ4v) is 2.67. The Bertz CT molecular complexity index is 697. The van der Waals surface area contributed by atoms with Gasteiger partial charge in [0.25, 0.3) is 5.56 Å². The van der Waals surface area contributed by atoms with Gasteiger partial charge in [0.1, 0.15) is 11.6 Å². The zero-order valence-corrected chi connectivity index (χ0v) is 11.9. The van der Waals surface area contributed by atoms with Crippen LogP contribution in [0.15, 0.2) is 27.5 Å². The summed E-state index contributed by atoms with van der Waals surface area (Å²) in [5.41, 5.74) is 2.33. The van der Waals surface area contributed by atoms with Crippen molar-refractivity contribution >= 4 is 15.9 Å². The van der Waals surface area contributed by atoms with Gasteiger partial charge in [-0.2, -0.15) is 0 Å². The zero-order chi connectivity index (χ0) is 13.4. The fourth-order valence-electron chi connectivity index (χ4n) is 2.13. The van der Waals surface area contributed by atoms with E-state index in [1.807, 2.05) is 18.2 Å². The molecule has 1 aromatic heterocycles. The molecule has 0 bridgehead atoms. The number of nitrogens with one attached hydrogen (secondary N) is 2. The lowest BCUT2D eigenvalue weighted by Gasteiger charge is -2.07. The Morgan fingerprint density at radius 3 is 2.95 bits per heavy atom. The fraction of sp³-hybridized carbons (Fsp3) is 0.231. The number of fused-ring (bicyclic) bond motifs is 1. The van der Waals surface area contributed by atoms with Crippen LogP contribution in [0.1, 0.15) is 11.3 Å². The quantitative estimate of drug-likeness (QED) is 0.885. The summed E-state index contributed by atoms with van der Waals surface area (Å²) >= 11 is 3.43. The van der Waals surface area contributed by atoms with Gasteiger partial charge in [-0.1, -0.05) is 0 Å². The first-order valence-electron chi connectivity index (χ1n) is 5.85. The first kappa shape index (κ1) is 12.4. The Morgan fingerprint density at radius 1 is 1.37 bits per heavy atom. The molecular weight excluding hydrogens is 310 g/mol. The van der Waals surface area contributed by atoms with E-state index >= 15 is 0 Å². The maximum atomic E-state index is 11.9. The van der Waals surface area contributed by atoms with E-state index in [9.17, 15) is 4.79 Å². The second-order valence-electron chi connectivity index (χ2n) is 4.29. The number of aromatic amines is 1. The van der Waals surface area contributed by atoms with Crippen LogP contribution in [-0.2, 0) is 13.1 Å². The molecule has 0 radical (unpaired) electrons. The highest BCUT2D eigenvalue weighted by molar-refractivity contribution is 9.10. The summed E-state index contributed by atoms with van der Waals surface area (Å²) in [5.74, 6) is 1.32. The molecule has 0 saturated heterocycles. The highest BCUT2D eigenvalue weighted by Crippen LogP contribution is 2.29. The molecule has 2 heterocycles. The molecule has 5 nitrogen and oxygen atoms in total. The average Bonchev–Trinajstić information content (AvgIpc) is 2.87. The van der Waals surface area contributed by atoms with Gasteiger partial charge in [-0.15, -0.1) is 0 Å². The van der Waals surface area contributed by atoms with Crippen LogP contribution in [0.25, 0.3) is 11.4 Å². The third-order valence-corrected chi connectivity index (χ3v) is 3.74. The van der Waals surface area contributed by atoms with E-state index in [0.717, 1.165) is 27.0 Å². The molecule has 1 aliphatic rings. The Morgan fingerprint density at radius 2 is 2.21 bits per heavy atom. The van der Waals surface area contributed by atoms with Crippen molar-refractivity contribution in [3.05, 3.63) is 44.3 Å². The highest BCUT2D eigenvalue weighted by Gasteiger charge is 2.17. The zero-order valence-electron chi connectivity index (χ0n) is 10.3. The van der Waals surface area contributed by atoms with Crippen LogP contribution in [0.3, 0.4) is 0 Å². The van der Waals surface area contributed by atoms with Crippen molar-refractivity contribution in [2.45, 2.75) is 13.1 Å². The molecule has 1 aromatic carbocycles. The molecule has 0 atom stereocenters. The Balaban J connectivity index is 2.10. The van der Waals surface area contributed by atoms with Crippen LogP contribution in [0.4, 0.5) is 0 Å². The highest BCUT2D eigenvalue weighted by atomic mass is 79.9. The van der Waals surface area contributed by atoms with Crippen molar-refractivity contribution in [3.8, 4) is 17.1 Å².